The van der Waals surface area contributed by atoms with E-state index in [9.17, 15) is 4.79 Å². The molecule has 1 aromatic carbocycles. The van der Waals surface area contributed by atoms with E-state index in [2.05, 4.69) is 22.5 Å². The van der Waals surface area contributed by atoms with Crippen molar-refractivity contribution in [3.05, 3.63) is 35.9 Å². The first-order valence-electron chi connectivity index (χ1n) is 8.06. The summed E-state index contributed by atoms with van der Waals surface area (Å²) in [5, 5.41) is 5.87. The van der Waals surface area contributed by atoms with Gasteiger partial charge in [-0.05, 0) is 18.4 Å². The highest BCUT2D eigenvalue weighted by atomic mass is 16.1. The first kappa shape index (κ1) is 18.0. The third-order valence-corrected chi connectivity index (χ3v) is 3.31. The summed E-state index contributed by atoms with van der Waals surface area (Å²) in [5.74, 6) is 0.237. The zero-order chi connectivity index (χ0) is 16.0. The Morgan fingerprint density at radius 1 is 1.09 bits per heavy atom. The van der Waals surface area contributed by atoms with E-state index in [1.165, 1.54) is 24.8 Å². The molecular weight excluding hydrogens is 276 g/mol. The first-order chi connectivity index (χ1) is 10.7. The number of nitrogens with one attached hydrogen (secondary N) is 2. The number of benzene rings is 1. The van der Waals surface area contributed by atoms with Crippen LogP contribution in [0.4, 0.5) is 0 Å². The molecule has 0 atom stereocenters. The van der Waals surface area contributed by atoms with Crippen LogP contribution in [0.15, 0.2) is 35.3 Å². The second-order valence-electron chi connectivity index (χ2n) is 5.27. The molecule has 5 heteroatoms. The number of hydrogen-bond donors (Lipinski definition) is 3. The van der Waals surface area contributed by atoms with Crippen LogP contribution >= 0.6 is 0 Å². The van der Waals surface area contributed by atoms with Gasteiger partial charge in [0.15, 0.2) is 5.96 Å². The van der Waals surface area contributed by atoms with Crippen LogP contribution in [-0.2, 0) is 11.2 Å². The van der Waals surface area contributed by atoms with Crippen LogP contribution in [0.25, 0.3) is 0 Å². The molecule has 0 fully saturated rings. The van der Waals surface area contributed by atoms with Gasteiger partial charge in [-0.3, -0.25) is 4.79 Å². The minimum atomic E-state index is -0.105. The number of carbonyl (C=O) groups excluding carboxylic acids is 1. The van der Waals surface area contributed by atoms with Gasteiger partial charge in [0.05, 0.1) is 0 Å². The number of nitrogens with zero attached hydrogens (tertiary/aromatic N) is 1. The minimum Gasteiger partial charge on any atom is -0.370 e. The van der Waals surface area contributed by atoms with E-state index in [4.69, 9.17) is 5.73 Å². The number of rotatable bonds is 10. The molecule has 0 aliphatic heterocycles. The second kappa shape index (κ2) is 11.6. The molecule has 0 radical (unpaired) electrons. The van der Waals surface area contributed by atoms with Crippen molar-refractivity contribution < 1.29 is 4.79 Å². The molecule has 22 heavy (non-hydrogen) atoms. The number of aliphatic imine (C=N–C) groups is 1. The summed E-state index contributed by atoms with van der Waals surface area (Å²) in [6.45, 7) is 3.68. The summed E-state index contributed by atoms with van der Waals surface area (Å²) in [5.41, 5.74) is 6.92. The fourth-order valence-corrected chi connectivity index (χ4v) is 2.03. The van der Waals surface area contributed by atoms with Crippen molar-refractivity contribution in [3.8, 4) is 0 Å². The molecule has 0 aliphatic carbocycles. The molecule has 0 saturated carbocycles. The van der Waals surface area contributed by atoms with Crippen molar-refractivity contribution in [3.63, 3.8) is 0 Å². The Morgan fingerprint density at radius 3 is 2.59 bits per heavy atom. The topological polar surface area (TPSA) is 79.5 Å². The van der Waals surface area contributed by atoms with Gasteiger partial charge in [-0.2, -0.15) is 0 Å². The Morgan fingerprint density at radius 2 is 1.86 bits per heavy atom. The number of hydrogen-bond acceptors (Lipinski definition) is 2. The number of amides is 1. The van der Waals surface area contributed by atoms with Gasteiger partial charge in [-0.15, -0.1) is 0 Å². The van der Waals surface area contributed by atoms with Crippen LogP contribution in [0.5, 0.6) is 0 Å². The molecule has 5 nitrogen and oxygen atoms in total. The van der Waals surface area contributed by atoms with Crippen molar-refractivity contribution in [2.45, 2.75) is 39.0 Å². The van der Waals surface area contributed by atoms with Crippen LogP contribution in [-0.4, -0.2) is 31.5 Å². The van der Waals surface area contributed by atoms with Crippen molar-refractivity contribution in [1.29, 1.82) is 0 Å². The van der Waals surface area contributed by atoms with Crippen molar-refractivity contribution in [1.82, 2.24) is 10.6 Å². The Labute approximate surface area is 133 Å². The molecule has 122 valence electrons. The molecule has 1 aromatic rings. The molecule has 0 bridgehead atoms. The van der Waals surface area contributed by atoms with Crippen LogP contribution in [0.3, 0.4) is 0 Å². The van der Waals surface area contributed by atoms with Crippen LogP contribution in [0.2, 0.25) is 0 Å². The summed E-state index contributed by atoms with van der Waals surface area (Å²) in [4.78, 5) is 15.7. The van der Waals surface area contributed by atoms with E-state index in [0.717, 1.165) is 19.4 Å². The summed E-state index contributed by atoms with van der Waals surface area (Å²) in [7, 11) is 0. The number of unbranched alkanes of at least 4 members (excludes halogenated alkanes) is 3. The molecule has 1 amide bonds. The average Bonchev–Trinajstić information content (AvgIpc) is 2.54. The predicted octanol–water partition coefficient (Wildman–Crippen LogP) is 1.83. The van der Waals surface area contributed by atoms with Gasteiger partial charge < -0.3 is 16.4 Å². The summed E-state index contributed by atoms with van der Waals surface area (Å²) in [6, 6.07) is 10.1. The third kappa shape index (κ3) is 9.00. The van der Waals surface area contributed by atoms with Gasteiger partial charge in [0, 0.05) is 13.1 Å². The van der Waals surface area contributed by atoms with Gasteiger partial charge in [-0.1, -0.05) is 56.5 Å². The maximum absolute atomic E-state index is 11.7. The standard InChI is InChI=1S/C17H28N4O/c1-2-3-4-8-12-20-17(18)21-14-16(22)19-13-11-15-9-6-5-7-10-15/h5-7,9-10H,2-4,8,11-14H2,1H3,(H,19,22)(H3,18,20,21). The highest BCUT2D eigenvalue weighted by Crippen LogP contribution is 1.98. The van der Waals surface area contributed by atoms with Gasteiger partial charge >= 0.3 is 0 Å². The fourth-order valence-electron chi connectivity index (χ4n) is 2.03. The molecule has 0 heterocycles. The summed E-state index contributed by atoms with van der Waals surface area (Å²) < 4.78 is 0. The Balaban J connectivity index is 2.09. The maximum atomic E-state index is 11.7. The molecule has 0 spiro atoms. The van der Waals surface area contributed by atoms with Crippen LogP contribution in [0, 0.1) is 0 Å². The smallest absolute Gasteiger partial charge is 0.241 e. The molecular formula is C17H28N4O. The summed E-state index contributed by atoms with van der Waals surface area (Å²) >= 11 is 0. The van der Waals surface area contributed by atoms with Crippen LogP contribution in [0.1, 0.15) is 38.2 Å². The Bertz CT molecular complexity index is 445. The van der Waals surface area contributed by atoms with Crippen molar-refractivity contribution in [2.24, 2.45) is 10.7 Å². The van der Waals surface area contributed by atoms with E-state index in [1.54, 1.807) is 0 Å². The first-order valence-corrected chi connectivity index (χ1v) is 8.06. The van der Waals surface area contributed by atoms with E-state index in [-0.39, 0.29) is 12.5 Å². The number of guanidine groups is 1. The van der Waals surface area contributed by atoms with Gasteiger partial charge in [0.25, 0.3) is 0 Å². The number of nitrogens with two attached hydrogens (primary N) is 1. The van der Waals surface area contributed by atoms with E-state index >= 15 is 0 Å². The molecule has 1 rings (SSSR count). The maximum Gasteiger partial charge on any atom is 0.241 e. The van der Waals surface area contributed by atoms with Gasteiger partial charge in [-0.25, -0.2) is 4.99 Å². The lowest BCUT2D eigenvalue weighted by molar-refractivity contribution is -0.119. The lowest BCUT2D eigenvalue weighted by Crippen LogP contribution is -2.34. The minimum absolute atomic E-state index is 0.0720. The van der Waals surface area contributed by atoms with Gasteiger partial charge in [0.2, 0.25) is 5.91 Å². The normalized spacial score (nSPS) is 11.2. The Hall–Kier alpha value is -2.04. The lowest BCUT2D eigenvalue weighted by atomic mass is 10.1. The van der Waals surface area contributed by atoms with E-state index < -0.39 is 0 Å². The van der Waals surface area contributed by atoms with Gasteiger partial charge in [0.1, 0.15) is 6.54 Å². The molecule has 0 unspecified atom stereocenters. The van der Waals surface area contributed by atoms with Crippen molar-refractivity contribution in [2.75, 3.05) is 19.6 Å². The molecule has 0 aliphatic rings. The Kier molecular flexibility index (Phi) is 9.50. The average molecular weight is 304 g/mol. The lowest BCUT2D eigenvalue weighted by Gasteiger charge is -2.06. The van der Waals surface area contributed by atoms with Crippen molar-refractivity contribution >= 4 is 11.9 Å². The second-order valence-corrected chi connectivity index (χ2v) is 5.27. The van der Waals surface area contributed by atoms with E-state index in [1.807, 2.05) is 30.3 Å². The zero-order valence-corrected chi connectivity index (χ0v) is 13.5. The molecule has 0 saturated heterocycles. The highest BCUT2D eigenvalue weighted by molar-refractivity contribution is 5.83. The number of carbonyl (C=O) groups is 1. The largest absolute Gasteiger partial charge is 0.370 e. The third-order valence-electron chi connectivity index (χ3n) is 3.31. The van der Waals surface area contributed by atoms with E-state index in [0.29, 0.717) is 12.5 Å². The molecule has 0 aromatic heterocycles. The highest BCUT2D eigenvalue weighted by Gasteiger charge is 2.00. The zero-order valence-electron chi connectivity index (χ0n) is 13.5. The quantitative estimate of drug-likeness (QED) is 0.350. The fraction of sp³-hybridized carbons (Fsp3) is 0.529. The monoisotopic (exact) mass is 304 g/mol. The summed E-state index contributed by atoms with van der Waals surface area (Å²) in [6.07, 6.45) is 5.54. The van der Waals surface area contributed by atoms with Crippen LogP contribution < -0.4 is 16.4 Å². The predicted molar refractivity (Wildman–Crippen MR) is 91.8 cm³/mol. The molecule has 4 N–H and O–H groups in total. The SMILES string of the molecule is CCCCCCNC(N)=NCC(=O)NCCc1ccccc1.